The minimum atomic E-state index is -3.69. The second kappa shape index (κ2) is 7.42. The van der Waals surface area contributed by atoms with E-state index in [1.165, 1.54) is 17.4 Å². The van der Waals surface area contributed by atoms with Gasteiger partial charge in [0, 0.05) is 16.8 Å². The largest absolute Gasteiger partial charge is 0.330 e. The van der Waals surface area contributed by atoms with E-state index in [1.54, 1.807) is 24.4 Å². The van der Waals surface area contributed by atoms with Crippen LogP contribution in [0, 0.1) is 6.92 Å². The van der Waals surface area contributed by atoms with Crippen molar-refractivity contribution in [1.29, 1.82) is 0 Å². The third-order valence-electron chi connectivity index (χ3n) is 2.68. The highest BCUT2D eigenvalue weighted by Crippen LogP contribution is 2.26. The molecule has 9 heteroatoms. The molecule has 0 saturated carbocycles. The predicted molar refractivity (Wildman–Crippen MR) is 89.1 cm³/mol. The molecule has 21 heavy (non-hydrogen) atoms. The van der Waals surface area contributed by atoms with Gasteiger partial charge in [-0.15, -0.1) is 23.7 Å². The minimum Gasteiger partial charge on any atom is -0.330 e. The third kappa shape index (κ3) is 4.31. The highest BCUT2D eigenvalue weighted by Gasteiger charge is 2.19. The Balaban J connectivity index is 0.00000220. The van der Waals surface area contributed by atoms with Gasteiger partial charge in [-0.05, 0) is 31.2 Å². The van der Waals surface area contributed by atoms with E-state index < -0.39 is 10.0 Å². The molecule has 0 aliphatic carbocycles. The lowest BCUT2D eigenvalue weighted by Gasteiger charge is -2.09. The van der Waals surface area contributed by atoms with E-state index in [4.69, 9.17) is 17.3 Å². The maximum atomic E-state index is 12.3. The van der Waals surface area contributed by atoms with Crippen molar-refractivity contribution in [2.75, 3.05) is 11.3 Å². The number of halogens is 2. The summed E-state index contributed by atoms with van der Waals surface area (Å²) in [5.74, 6) is 0. The Morgan fingerprint density at radius 1 is 1.43 bits per heavy atom. The SMILES string of the molecule is Cc1c(Cl)cccc1S(=O)(=O)Nc1nc(CCN)cs1.Cl. The van der Waals surface area contributed by atoms with Gasteiger partial charge in [-0.2, -0.15) is 0 Å². The van der Waals surface area contributed by atoms with Crippen LogP contribution in [0.25, 0.3) is 0 Å². The van der Waals surface area contributed by atoms with E-state index in [2.05, 4.69) is 9.71 Å². The van der Waals surface area contributed by atoms with E-state index in [0.29, 0.717) is 28.7 Å². The fraction of sp³-hybridized carbons (Fsp3) is 0.250. The van der Waals surface area contributed by atoms with Crippen molar-refractivity contribution >= 4 is 50.5 Å². The van der Waals surface area contributed by atoms with Crippen LogP contribution in [0.2, 0.25) is 5.02 Å². The molecular formula is C12H15Cl2N3O2S2. The van der Waals surface area contributed by atoms with Crippen LogP contribution in [0.5, 0.6) is 0 Å². The summed E-state index contributed by atoms with van der Waals surface area (Å²) in [6.45, 7) is 2.14. The molecule has 3 N–H and O–H groups in total. The number of nitrogens with one attached hydrogen (secondary N) is 1. The van der Waals surface area contributed by atoms with Crippen molar-refractivity contribution in [1.82, 2.24) is 4.98 Å². The number of benzene rings is 1. The van der Waals surface area contributed by atoms with Crippen LogP contribution < -0.4 is 10.5 Å². The second-order valence-electron chi connectivity index (χ2n) is 4.15. The van der Waals surface area contributed by atoms with Crippen molar-refractivity contribution in [2.24, 2.45) is 5.73 Å². The molecule has 0 saturated heterocycles. The van der Waals surface area contributed by atoms with E-state index >= 15 is 0 Å². The zero-order chi connectivity index (χ0) is 14.8. The minimum absolute atomic E-state index is 0. The maximum Gasteiger partial charge on any atom is 0.263 e. The summed E-state index contributed by atoms with van der Waals surface area (Å²) < 4.78 is 27.1. The van der Waals surface area contributed by atoms with Crippen LogP contribution in [0.4, 0.5) is 5.13 Å². The lowest BCUT2D eigenvalue weighted by molar-refractivity contribution is 0.600. The highest BCUT2D eigenvalue weighted by molar-refractivity contribution is 7.93. The summed E-state index contributed by atoms with van der Waals surface area (Å²) in [5, 5.41) is 2.53. The molecule has 116 valence electrons. The van der Waals surface area contributed by atoms with Crippen LogP contribution in [-0.2, 0) is 16.4 Å². The van der Waals surface area contributed by atoms with Crippen LogP contribution in [0.1, 0.15) is 11.3 Å². The second-order valence-corrected chi connectivity index (χ2v) is 7.07. The molecule has 0 atom stereocenters. The summed E-state index contributed by atoms with van der Waals surface area (Å²) >= 11 is 7.18. The number of rotatable bonds is 5. The molecule has 1 heterocycles. The fourth-order valence-electron chi connectivity index (χ4n) is 1.67. The Bertz CT molecular complexity index is 717. The van der Waals surface area contributed by atoms with Gasteiger partial charge in [0.2, 0.25) is 0 Å². The zero-order valence-corrected chi connectivity index (χ0v) is 14.4. The Morgan fingerprint density at radius 3 is 2.81 bits per heavy atom. The van der Waals surface area contributed by atoms with Gasteiger partial charge in [-0.3, -0.25) is 4.72 Å². The highest BCUT2D eigenvalue weighted by atomic mass is 35.5. The molecule has 0 spiro atoms. The van der Waals surface area contributed by atoms with E-state index in [-0.39, 0.29) is 17.3 Å². The van der Waals surface area contributed by atoms with Gasteiger partial charge >= 0.3 is 0 Å². The first-order valence-corrected chi connectivity index (χ1v) is 8.60. The standard InChI is InChI=1S/C12H14ClN3O2S2.ClH/c1-8-10(13)3-2-4-11(8)20(17,18)16-12-15-9(5-6-14)7-19-12;/h2-4,7H,5-6,14H2,1H3,(H,15,16);1H. The quantitative estimate of drug-likeness (QED) is 0.850. The van der Waals surface area contributed by atoms with Crippen LogP contribution in [-0.4, -0.2) is 19.9 Å². The molecule has 2 aromatic rings. The Hall–Kier alpha value is -0.860. The first kappa shape index (κ1) is 18.2. The van der Waals surface area contributed by atoms with Crippen LogP contribution >= 0.6 is 35.3 Å². The summed E-state index contributed by atoms with van der Waals surface area (Å²) in [7, 11) is -3.69. The monoisotopic (exact) mass is 367 g/mol. The number of sulfonamides is 1. The van der Waals surface area contributed by atoms with Gasteiger partial charge < -0.3 is 5.73 Å². The normalized spacial score (nSPS) is 11.0. The summed E-state index contributed by atoms with van der Waals surface area (Å²) in [6, 6.07) is 4.77. The van der Waals surface area contributed by atoms with E-state index in [9.17, 15) is 8.42 Å². The summed E-state index contributed by atoms with van der Waals surface area (Å²) in [4.78, 5) is 4.33. The molecular weight excluding hydrogens is 353 g/mol. The number of anilines is 1. The smallest absolute Gasteiger partial charge is 0.263 e. The van der Waals surface area contributed by atoms with Gasteiger partial charge in [0.15, 0.2) is 5.13 Å². The van der Waals surface area contributed by atoms with Crippen LogP contribution in [0.3, 0.4) is 0 Å². The molecule has 2 rings (SSSR count). The lowest BCUT2D eigenvalue weighted by atomic mass is 10.2. The average Bonchev–Trinajstić information content (AvgIpc) is 2.79. The number of hydrogen-bond acceptors (Lipinski definition) is 5. The van der Waals surface area contributed by atoms with Gasteiger partial charge in [0.25, 0.3) is 10.0 Å². The van der Waals surface area contributed by atoms with E-state index in [1.807, 2.05) is 0 Å². The molecule has 0 aliphatic heterocycles. The van der Waals surface area contributed by atoms with E-state index in [0.717, 1.165) is 5.69 Å². The fourth-order valence-corrected chi connectivity index (χ4v) is 4.16. The molecule has 0 fully saturated rings. The van der Waals surface area contributed by atoms with Crippen molar-refractivity contribution in [3.63, 3.8) is 0 Å². The summed E-state index contributed by atoms with van der Waals surface area (Å²) in [5.41, 5.74) is 6.73. The topological polar surface area (TPSA) is 85.1 Å². The van der Waals surface area contributed by atoms with Crippen molar-refractivity contribution in [2.45, 2.75) is 18.2 Å². The number of aromatic nitrogens is 1. The Labute approximate surface area is 139 Å². The predicted octanol–water partition coefficient (Wildman–Crippen LogP) is 2.83. The Kier molecular flexibility index (Phi) is 6.42. The van der Waals surface area contributed by atoms with Crippen molar-refractivity contribution in [3.8, 4) is 0 Å². The van der Waals surface area contributed by atoms with Crippen molar-refractivity contribution in [3.05, 3.63) is 39.9 Å². The van der Waals surface area contributed by atoms with Gasteiger partial charge in [0.05, 0.1) is 10.6 Å². The molecule has 0 aliphatic rings. The first-order chi connectivity index (χ1) is 9.44. The molecule has 0 amide bonds. The lowest BCUT2D eigenvalue weighted by Crippen LogP contribution is -2.14. The van der Waals surface area contributed by atoms with Gasteiger partial charge in [0.1, 0.15) is 0 Å². The molecule has 1 aromatic carbocycles. The van der Waals surface area contributed by atoms with Gasteiger partial charge in [-0.1, -0.05) is 17.7 Å². The molecule has 5 nitrogen and oxygen atoms in total. The Morgan fingerprint density at radius 2 is 2.14 bits per heavy atom. The van der Waals surface area contributed by atoms with Crippen LogP contribution in [0.15, 0.2) is 28.5 Å². The maximum absolute atomic E-state index is 12.3. The first-order valence-electron chi connectivity index (χ1n) is 5.86. The number of thiazole rings is 1. The molecule has 0 bridgehead atoms. The number of hydrogen-bond donors (Lipinski definition) is 2. The number of nitrogens with two attached hydrogens (primary N) is 1. The van der Waals surface area contributed by atoms with Crippen molar-refractivity contribution < 1.29 is 8.42 Å². The summed E-state index contributed by atoms with van der Waals surface area (Å²) in [6.07, 6.45) is 0.619. The van der Waals surface area contributed by atoms with Gasteiger partial charge in [-0.25, -0.2) is 13.4 Å². The molecule has 0 radical (unpaired) electrons. The molecule has 1 aromatic heterocycles. The zero-order valence-electron chi connectivity index (χ0n) is 11.2. The third-order valence-corrected chi connectivity index (χ3v) is 5.51. The average molecular weight is 368 g/mol. The number of nitrogens with zero attached hydrogens (tertiary/aromatic N) is 1. The molecule has 0 unspecified atom stereocenters.